The zero-order valence-electron chi connectivity index (χ0n) is 15.2. The van der Waals surface area contributed by atoms with E-state index in [-0.39, 0.29) is 0 Å². The van der Waals surface area contributed by atoms with Gasteiger partial charge in [0.05, 0.1) is 16.7 Å². The number of hydrogen-bond acceptors (Lipinski definition) is 3. The van der Waals surface area contributed by atoms with Crippen molar-refractivity contribution in [1.29, 1.82) is 0 Å². The Bertz CT molecular complexity index is 829. The number of rotatable bonds is 5. The fraction of sp³-hybridized carbons (Fsp3) is 0.333. The van der Waals surface area contributed by atoms with E-state index in [0.29, 0.717) is 0 Å². The van der Waals surface area contributed by atoms with Gasteiger partial charge >= 0.3 is 0 Å². The van der Waals surface area contributed by atoms with Gasteiger partial charge in [-0.1, -0.05) is 62.0 Å². The highest BCUT2D eigenvalue weighted by Gasteiger charge is 2.13. The van der Waals surface area contributed by atoms with Gasteiger partial charge in [0, 0.05) is 23.9 Å². The maximum atomic E-state index is 5.14. The van der Waals surface area contributed by atoms with Crippen LogP contribution >= 0.6 is 11.8 Å². The SMILES string of the molecule is CCCN(CCC)C(=Nc1c2ccccc2nc2ccccc12)SC. The third-order valence-electron chi connectivity index (χ3n) is 4.21. The number of benzene rings is 2. The smallest absolute Gasteiger partial charge is 0.164 e. The number of pyridine rings is 1. The van der Waals surface area contributed by atoms with Crippen molar-refractivity contribution in [3.05, 3.63) is 48.5 Å². The Morgan fingerprint density at radius 1 is 0.920 bits per heavy atom. The number of hydrogen-bond donors (Lipinski definition) is 0. The van der Waals surface area contributed by atoms with Crippen LogP contribution in [0.25, 0.3) is 21.8 Å². The van der Waals surface area contributed by atoms with E-state index < -0.39 is 0 Å². The average molecular weight is 352 g/mol. The monoisotopic (exact) mass is 351 g/mol. The summed E-state index contributed by atoms with van der Waals surface area (Å²) >= 11 is 1.73. The maximum absolute atomic E-state index is 5.14. The van der Waals surface area contributed by atoms with Crippen LogP contribution in [0.4, 0.5) is 5.69 Å². The zero-order chi connectivity index (χ0) is 17.6. The minimum atomic E-state index is 0.998. The van der Waals surface area contributed by atoms with Crippen LogP contribution in [0.15, 0.2) is 53.5 Å². The van der Waals surface area contributed by atoms with E-state index in [4.69, 9.17) is 9.98 Å². The largest absolute Gasteiger partial charge is 0.351 e. The molecule has 130 valence electrons. The number of thioether (sulfide) groups is 1. The fourth-order valence-electron chi connectivity index (χ4n) is 3.12. The van der Waals surface area contributed by atoms with Crippen molar-refractivity contribution < 1.29 is 0 Å². The Labute approximate surface area is 154 Å². The van der Waals surface area contributed by atoms with Gasteiger partial charge in [-0.2, -0.15) is 0 Å². The Morgan fingerprint density at radius 2 is 1.44 bits per heavy atom. The summed E-state index contributed by atoms with van der Waals surface area (Å²) in [6.45, 7) is 6.51. The Balaban J connectivity index is 2.23. The molecule has 0 radical (unpaired) electrons. The second-order valence-corrected chi connectivity index (χ2v) is 6.85. The molecule has 0 unspecified atom stereocenters. The molecule has 3 aromatic rings. The van der Waals surface area contributed by atoms with Gasteiger partial charge in [-0.05, 0) is 31.2 Å². The van der Waals surface area contributed by atoms with Crippen molar-refractivity contribution >= 4 is 44.4 Å². The highest BCUT2D eigenvalue weighted by molar-refractivity contribution is 8.13. The lowest BCUT2D eigenvalue weighted by Gasteiger charge is -2.24. The van der Waals surface area contributed by atoms with Crippen LogP contribution in [0.3, 0.4) is 0 Å². The lowest BCUT2D eigenvalue weighted by Crippen LogP contribution is -2.30. The molecule has 1 aromatic heterocycles. The molecule has 0 amide bonds. The Kier molecular flexibility index (Phi) is 5.92. The lowest BCUT2D eigenvalue weighted by molar-refractivity contribution is 0.425. The number of aromatic nitrogens is 1. The molecule has 0 saturated carbocycles. The summed E-state index contributed by atoms with van der Waals surface area (Å²) in [5, 5.41) is 3.31. The van der Waals surface area contributed by atoms with E-state index in [1.807, 2.05) is 12.1 Å². The summed E-state index contributed by atoms with van der Waals surface area (Å²) in [7, 11) is 0. The van der Waals surface area contributed by atoms with Gasteiger partial charge in [-0.15, -0.1) is 0 Å². The number of fused-ring (bicyclic) bond motifs is 2. The highest BCUT2D eigenvalue weighted by Crippen LogP contribution is 2.34. The minimum absolute atomic E-state index is 0.998. The molecule has 2 aromatic carbocycles. The average Bonchev–Trinajstić information content (AvgIpc) is 2.65. The standard InChI is InChI=1S/C21H25N3S/c1-4-14-24(15-5-2)21(25-3)23-20-16-10-6-8-12-18(16)22-19-13-9-7-11-17(19)20/h6-13H,4-5,14-15H2,1-3H3. The quantitative estimate of drug-likeness (QED) is 0.327. The summed E-state index contributed by atoms with van der Waals surface area (Å²) in [6, 6.07) is 16.6. The number of aliphatic imine (C=N–C) groups is 1. The number of para-hydroxylation sites is 2. The molecule has 0 aliphatic carbocycles. The molecule has 25 heavy (non-hydrogen) atoms. The number of amidine groups is 1. The summed E-state index contributed by atoms with van der Waals surface area (Å²) in [6.07, 6.45) is 4.36. The maximum Gasteiger partial charge on any atom is 0.164 e. The van der Waals surface area contributed by atoms with Gasteiger partial charge in [0.25, 0.3) is 0 Å². The fourth-order valence-corrected chi connectivity index (χ4v) is 3.75. The van der Waals surface area contributed by atoms with Gasteiger partial charge in [-0.3, -0.25) is 0 Å². The first-order valence-corrected chi connectivity index (χ1v) is 10.2. The first-order chi connectivity index (χ1) is 12.3. The summed E-state index contributed by atoms with van der Waals surface area (Å²) in [5.74, 6) is 0. The first-order valence-electron chi connectivity index (χ1n) is 8.93. The van der Waals surface area contributed by atoms with E-state index in [0.717, 1.165) is 58.6 Å². The molecule has 0 N–H and O–H groups in total. The summed E-state index contributed by atoms with van der Waals surface area (Å²) in [4.78, 5) is 12.3. The third-order valence-corrected chi connectivity index (χ3v) is 4.92. The van der Waals surface area contributed by atoms with Crippen molar-refractivity contribution in [2.24, 2.45) is 4.99 Å². The molecule has 4 heteroatoms. The third kappa shape index (κ3) is 3.79. The molecule has 0 aliphatic rings. The van der Waals surface area contributed by atoms with Crippen molar-refractivity contribution in [3.63, 3.8) is 0 Å². The van der Waals surface area contributed by atoms with Crippen LogP contribution in [0, 0.1) is 0 Å². The van der Waals surface area contributed by atoms with E-state index in [2.05, 4.69) is 61.4 Å². The van der Waals surface area contributed by atoms with E-state index in [1.54, 1.807) is 11.8 Å². The van der Waals surface area contributed by atoms with Crippen molar-refractivity contribution in [3.8, 4) is 0 Å². The second-order valence-electron chi connectivity index (χ2n) is 6.08. The molecule has 0 saturated heterocycles. The summed E-state index contributed by atoms with van der Waals surface area (Å²) < 4.78 is 0. The summed E-state index contributed by atoms with van der Waals surface area (Å²) in [5.41, 5.74) is 3.03. The van der Waals surface area contributed by atoms with Gasteiger partial charge in [-0.25, -0.2) is 9.98 Å². The van der Waals surface area contributed by atoms with Gasteiger partial charge in [0.1, 0.15) is 0 Å². The molecule has 0 spiro atoms. The van der Waals surface area contributed by atoms with Gasteiger partial charge in [0.15, 0.2) is 5.17 Å². The second kappa shape index (κ2) is 8.34. The predicted molar refractivity (Wildman–Crippen MR) is 112 cm³/mol. The van der Waals surface area contributed by atoms with Crippen LogP contribution in [-0.4, -0.2) is 34.4 Å². The van der Waals surface area contributed by atoms with Crippen molar-refractivity contribution in [2.75, 3.05) is 19.3 Å². The van der Waals surface area contributed by atoms with E-state index in [9.17, 15) is 0 Å². The lowest BCUT2D eigenvalue weighted by atomic mass is 10.1. The number of nitrogens with zero attached hydrogens (tertiary/aromatic N) is 3. The molecule has 0 fully saturated rings. The molecular formula is C21H25N3S. The van der Waals surface area contributed by atoms with Crippen molar-refractivity contribution in [1.82, 2.24) is 9.88 Å². The van der Waals surface area contributed by atoms with Crippen molar-refractivity contribution in [2.45, 2.75) is 26.7 Å². The molecule has 1 heterocycles. The minimum Gasteiger partial charge on any atom is -0.351 e. The molecular weight excluding hydrogens is 326 g/mol. The van der Waals surface area contributed by atoms with Crippen LogP contribution in [0.2, 0.25) is 0 Å². The Morgan fingerprint density at radius 3 is 1.92 bits per heavy atom. The normalized spacial score (nSPS) is 12.0. The Hall–Kier alpha value is -2.07. The predicted octanol–water partition coefficient (Wildman–Crippen LogP) is 5.86. The molecule has 0 bridgehead atoms. The van der Waals surface area contributed by atoms with Crippen LogP contribution in [0.5, 0.6) is 0 Å². The van der Waals surface area contributed by atoms with E-state index in [1.165, 1.54) is 0 Å². The zero-order valence-corrected chi connectivity index (χ0v) is 16.0. The van der Waals surface area contributed by atoms with Crippen LogP contribution in [-0.2, 0) is 0 Å². The molecule has 0 aliphatic heterocycles. The van der Waals surface area contributed by atoms with E-state index >= 15 is 0 Å². The van der Waals surface area contributed by atoms with Crippen LogP contribution < -0.4 is 0 Å². The first kappa shape index (κ1) is 17.7. The molecule has 0 atom stereocenters. The topological polar surface area (TPSA) is 28.5 Å². The highest BCUT2D eigenvalue weighted by atomic mass is 32.2. The molecule has 3 rings (SSSR count). The van der Waals surface area contributed by atoms with Crippen LogP contribution in [0.1, 0.15) is 26.7 Å². The van der Waals surface area contributed by atoms with Gasteiger partial charge < -0.3 is 4.90 Å². The molecule has 3 nitrogen and oxygen atoms in total. The van der Waals surface area contributed by atoms with Gasteiger partial charge in [0.2, 0.25) is 0 Å².